The Morgan fingerprint density at radius 2 is 2.00 bits per heavy atom. The highest BCUT2D eigenvalue weighted by Crippen LogP contribution is 2.28. The summed E-state index contributed by atoms with van der Waals surface area (Å²) in [5, 5.41) is 0. The Morgan fingerprint density at radius 3 is 2.59 bits per heavy atom. The van der Waals surface area contributed by atoms with Crippen LogP contribution in [0.4, 0.5) is 0 Å². The van der Waals surface area contributed by atoms with E-state index < -0.39 is 5.97 Å². The summed E-state index contributed by atoms with van der Waals surface area (Å²) < 4.78 is 5.12. The van der Waals surface area contributed by atoms with Gasteiger partial charge in [-0.1, -0.05) is 6.07 Å². The van der Waals surface area contributed by atoms with Crippen LogP contribution in [0.25, 0.3) is 11.0 Å². The third-order valence-corrected chi connectivity index (χ3v) is 2.38. The number of Topliss-reactive ketones (excluding diaryl/α,β-unsaturated/α-hetero) is 1. The molecule has 1 aromatic heterocycles. The van der Waals surface area contributed by atoms with E-state index in [2.05, 4.69) is 9.97 Å². The number of hydrogen-bond donors (Lipinski definition) is 1. The highest BCUT2D eigenvalue weighted by molar-refractivity contribution is 5.96. The number of esters is 1. The van der Waals surface area contributed by atoms with Crippen molar-refractivity contribution in [2.75, 3.05) is 0 Å². The average Bonchev–Trinajstić information content (AvgIpc) is 2.66. The molecule has 0 spiro atoms. The standard InChI is InChI=1S/C12H12N2O3/c1-6-4-5-9-10(11(6)17-8(3)16)14-12(13-9)7(2)15/h4-5H,1-3H3,(H,13,14). The van der Waals surface area contributed by atoms with Gasteiger partial charge in [0.25, 0.3) is 0 Å². The van der Waals surface area contributed by atoms with Crippen molar-refractivity contribution in [3.8, 4) is 5.75 Å². The molecule has 1 N–H and O–H groups in total. The summed E-state index contributed by atoms with van der Waals surface area (Å²) in [4.78, 5) is 29.3. The predicted molar refractivity (Wildman–Crippen MR) is 62.1 cm³/mol. The first kappa shape index (κ1) is 11.3. The summed E-state index contributed by atoms with van der Waals surface area (Å²) in [6, 6.07) is 3.61. The molecule has 0 aliphatic heterocycles. The van der Waals surface area contributed by atoms with Crippen LogP contribution in [0.1, 0.15) is 30.0 Å². The predicted octanol–water partition coefficient (Wildman–Crippen LogP) is 2.00. The van der Waals surface area contributed by atoms with Crippen LogP contribution in [0.15, 0.2) is 12.1 Å². The molecule has 17 heavy (non-hydrogen) atoms. The smallest absolute Gasteiger partial charge is 0.308 e. The van der Waals surface area contributed by atoms with E-state index in [0.29, 0.717) is 16.8 Å². The zero-order valence-electron chi connectivity index (χ0n) is 9.83. The molecule has 5 heteroatoms. The van der Waals surface area contributed by atoms with Gasteiger partial charge >= 0.3 is 5.97 Å². The second-order valence-electron chi connectivity index (χ2n) is 3.84. The number of carbonyl (C=O) groups is 2. The van der Waals surface area contributed by atoms with Gasteiger partial charge in [0.2, 0.25) is 0 Å². The van der Waals surface area contributed by atoms with Crippen molar-refractivity contribution in [1.29, 1.82) is 0 Å². The fraction of sp³-hybridized carbons (Fsp3) is 0.250. The normalized spacial score (nSPS) is 10.5. The van der Waals surface area contributed by atoms with Crippen molar-refractivity contribution >= 4 is 22.8 Å². The number of carbonyl (C=O) groups excluding carboxylic acids is 2. The third kappa shape index (κ3) is 2.04. The van der Waals surface area contributed by atoms with Crippen LogP contribution in [-0.2, 0) is 4.79 Å². The molecule has 0 aliphatic rings. The number of aryl methyl sites for hydroxylation is 1. The molecule has 88 valence electrons. The first-order chi connectivity index (χ1) is 7.99. The molecule has 0 saturated carbocycles. The van der Waals surface area contributed by atoms with Gasteiger partial charge in [0, 0.05) is 13.8 Å². The van der Waals surface area contributed by atoms with Crippen molar-refractivity contribution in [3.63, 3.8) is 0 Å². The minimum atomic E-state index is -0.409. The lowest BCUT2D eigenvalue weighted by atomic mass is 10.2. The number of ketones is 1. The van der Waals surface area contributed by atoms with Gasteiger partial charge in [-0.15, -0.1) is 0 Å². The number of hydrogen-bond acceptors (Lipinski definition) is 4. The number of nitrogens with one attached hydrogen (secondary N) is 1. The summed E-state index contributed by atoms with van der Waals surface area (Å²) in [6.45, 7) is 4.58. The third-order valence-electron chi connectivity index (χ3n) is 2.38. The summed E-state index contributed by atoms with van der Waals surface area (Å²) >= 11 is 0. The largest absolute Gasteiger partial charge is 0.424 e. The molecule has 0 amide bonds. The van der Waals surface area contributed by atoms with Crippen molar-refractivity contribution < 1.29 is 14.3 Å². The Kier molecular flexibility index (Phi) is 2.67. The Labute approximate surface area is 97.8 Å². The Balaban J connectivity index is 2.66. The van der Waals surface area contributed by atoms with Gasteiger partial charge in [-0.3, -0.25) is 9.59 Å². The lowest BCUT2D eigenvalue weighted by molar-refractivity contribution is -0.131. The van der Waals surface area contributed by atoms with Crippen molar-refractivity contribution in [2.45, 2.75) is 20.8 Å². The number of benzene rings is 1. The fourth-order valence-electron chi connectivity index (χ4n) is 1.59. The number of imidazole rings is 1. The first-order valence-electron chi connectivity index (χ1n) is 5.17. The van der Waals surface area contributed by atoms with E-state index in [0.717, 1.165) is 5.56 Å². The van der Waals surface area contributed by atoms with Crippen LogP contribution in [-0.4, -0.2) is 21.7 Å². The van der Waals surface area contributed by atoms with Crippen LogP contribution < -0.4 is 4.74 Å². The number of nitrogens with zero attached hydrogens (tertiary/aromatic N) is 1. The summed E-state index contributed by atoms with van der Waals surface area (Å²) in [5.41, 5.74) is 1.98. The second kappa shape index (κ2) is 4.01. The average molecular weight is 232 g/mol. The fourth-order valence-corrected chi connectivity index (χ4v) is 1.59. The van der Waals surface area contributed by atoms with Crippen LogP contribution >= 0.6 is 0 Å². The van der Waals surface area contributed by atoms with E-state index in [1.807, 2.05) is 13.0 Å². The molecule has 5 nitrogen and oxygen atoms in total. The Hall–Kier alpha value is -2.17. The molecule has 0 saturated heterocycles. The van der Waals surface area contributed by atoms with Gasteiger partial charge in [0.1, 0.15) is 5.52 Å². The topological polar surface area (TPSA) is 72.1 Å². The molecule has 2 rings (SSSR count). The van der Waals surface area contributed by atoms with Crippen LogP contribution in [0.3, 0.4) is 0 Å². The molecule has 2 aromatic rings. The monoisotopic (exact) mass is 232 g/mol. The molecule has 0 atom stereocenters. The Bertz CT molecular complexity index is 613. The molecule has 0 unspecified atom stereocenters. The van der Waals surface area contributed by atoms with Gasteiger partial charge in [0.15, 0.2) is 17.4 Å². The van der Waals surface area contributed by atoms with Crippen LogP contribution in [0.2, 0.25) is 0 Å². The van der Waals surface area contributed by atoms with E-state index in [4.69, 9.17) is 4.74 Å². The molecule has 0 radical (unpaired) electrons. The van der Waals surface area contributed by atoms with E-state index in [-0.39, 0.29) is 11.6 Å². The zero-order chi connectivity index (χ0) is 12.6. The number of H-pyrrole nitrogens is 1. The summed E-state index contributed by atoms with van der Waals surface area (Å²) in [6.07, 6.45) is 0. The minimum absolute atomic E-state index is 0.160. The minimum Gasteiger partial charge on any atom is -0.424 e. The maximum Gasteiger partial charge on any atom is 0.308 e. The molecule has 0 fully saturated rings. The highest BCUT2D eigenvalue weighted by Gasteiger charge is 2.14. The van der Waals surface area contributed by atoms with E-state index in [1.54, 1.807) is 6.07 Å². The lowest BCUT2D eigenvalue weighted by Crippen LogP contribution is -2.03. The van der Waals surface area contributed by atoms with Crippen molar-refractivity contribution in [2.24, 2.45) is 0 Å². The van der Waals surface area contributed by atoms with E-state index in [9.17, 15) is 9.59 Å². The van der Waals surface area contributed by atoms with E-state index in [1.165, 1.54) is 13.8 Å². The molecule has 1 aromatic carbocycles. The van der Waals surface area contributed by atoms with Crippen molar-refractivity contribution in [1.82, 2.24) is 9.97 Å². The number of aromatic amines is 1. The van der Waals surface area contributed by atoms with Crippen LogP contribution in [0, 0.1) is 6.92 Å². The Morgan fingerprint density at radius 1 is 1.29 bits per heavy atom. The quantitative estimate of drug-likeness (QED) is 0.488. The zero-order valence-corrected chi connectivity index (χ0v) is 9.83. The lowest BCUT2D eigenvalue weighted by Gasteiger charge is -2.05. The number of rotatable bonds is 2. The molecular formula is C12H12N2O3. The van der Waals surface area contributed by atoms with Crippen LogP contribution in [0.5, 0.6) is 5.75 Å². The van der Waals surface area contributed by atoms with Gasteiger partial charge in [-0.05, 0) is 18.6 Å². The number of aromatic nitrogens is 2. The molecule has 0 aliphatic carbocycles. The summed E-state index contributed by atoms with van der Waals surface area (Å²) in [5.74, 6) is 0.0957. The molecule has 1 heterocycles. The maximum absolute atomic E-state index is 11.2. The molecule has 0 bridgehead atoms. The summed E-state index contributed by atoms with van der Waals surface area (Å²) in [7, 11) is 0. The number of fused-ring (bicyclic) bond motifs is 1. The first-order valence-corrected chi connectivity index (χ1v) is 5.17. The van der Waals surface area contributed by atoms with Gasteiger partial charge in [-0.25, -0.2) is 4.98 Å². The van der Waals surface area contributed by atoms with Crippen molar-refractivity contribution in [3.05, 3.63) is 23.5 Å². The maximum atomic E-state index is 11.2. The van der Waals surface area contributed by atoms with E-state index >= 15 is 0 Å². The molecular weight excluding hydrogens is 220 g/mol. The number of ether oxygens (including phenoxy) is 1. The van der Waals surface area contributed by atoms with Gasteiger partial charge in [0.05, 0.1) is 5.52 Å². The van der Waals surface area contributed by atoms with Gasteiger partial charge in [-0.2, -0.15) is 0 Å². The second-order valence-corrected chi connectivity index (χ2v) is 3.84. The SMILES string of the molecule is CC(=O)Oc1c(C)ccc2[nH]c(C(C)=O)nc12. The van der Waals surface area contributed by atoms with Gasteiger partial charge < -0.3 is 9.72 Å². The highest BCUT2D eigenvalue weighted by atomic mass is 16.5.